The number of nitrogens with one attached hydrogen (secondary N) is 1. The van der Waals surface area contributed by atoms with Crippen molar-refractivity contribution in [1.29, 1.82) is 0 Å². The fraction of sp³-hybridized carbons (Fsp3) is 0.133. The van der Waals surface area contributed by atoms with E-state index in [0.717, 1.165) is 17.8 Å². The summed E-state index contributed by atoms with van der Waals surface area (Å²) in [5.74, 6) is -0.788. The van der Waals surface area contributed by atoms with Crippen LogP contribution in [0.1, 0.15) is 5.56 Å². The van der Waals surface area contributed by atoms with E-state index < -0.39 is 17.7 Å². The van der Waals surface area contributed by atoms with Crippen molar-refractivity contribution in [3.8, 4) is 22.9 Å². The highest BCUT2D eigenvalue weighted by Gasteiger charge is 2.34. The lowest BCUT2D eigenvalue weighted by molar-refractivity contribution is -0.137. The van der Waals surface area contributed by atoms with Crippen LogP contribution in [0.3, 0.4) is 0 Å². The minimum absolute atomic E-state index is 0.0408. The summed E-state index contributed by atoms with van der Waals surface area (Å²) in [5.41, 5.74) is -0.882. The summed E-state index contributed by atoms with van der Waals surface area (Å²) < 4.78 is 44.8. The van der Waals surface area contributed by atoms with Crippen molar-refractivity contribution >= 4 is 17.7 Å². The summed E-state index contributed by atoms with van der Waals surface area (Å²) in [6, 6.07) is 7.97. The van der Waals surface area contributed by atoms with E-state index in [-0.39, 0.29) is 33.8 Å². The third-order valence-corrected chi connectivity index (χ3v) is 3.96. The Morgan fingerprint density at radius 2 is 1.92 bits per heavy atom. The number of carbonyl (C=O) groups is 1. The van der Waals surface area contributed by atoms with Crippen molar-refractivity contribution in [2.24, 2.45) is 0 Å². The van der Waals surface area contributed by atoms with Crippen molar-refractivity contribution in [2.75, 3.05) is 5.75 Å². The average molecular weight is 369 g/mol. The number of alkyl halides is 3. The van der Waals surface area contributed by atoms with E-state index in [0.29, 0.717) is 0 Å². The van der Waals surface area contributed by atoms with Crippen LogP contribution in [0.2, 0.25) is 0 Å². The third-order valence-electron chi connectivity index (χ3n) is 3.13. The molecule has 0 aliphatic heterocycles. The first kappa shape index (κ1) is 17.1. The highest BCUT2D eigenvalue weighted by atomic mass is 32.2. The summed E-state index contributed by atoms with van der Waals surface area (Å²) in [6.07, 6.45) is -4.50. The minimum Gasteiger partial charge on any atom is -0.481 e. The van der Waals surface area contributed by atoms with Crippen LogP contribution in [-0.4, -0.2) is 32.0 Å². The number of hydrogen-bond donors (Lipinski definition) is 2. The van der Waals surface area contributed by atoms with E-state index in [2.05, 4.69) is 15.2 Å². The van der Waals surface area contributed by atoms with Gasteiger partial charge in [-0.1, -0.05) is 30.0 Å². The maximum Gasteiger partial charge on any atom is 0.417 e. The van der Waals surface area contributed by atoms with E-state index in [1.165, 1.54) is 30.3 Å². The first-order chi connectivity index (χ1) is 11.8. The largest absolute Gasteiger partial charge is 0.481 e. The van der Waals surface area contributed by atoms with Crippen LogP contribution in [0.15, 0.2) is 46.0 Å². The van der Waals surface area contributed by atoms with Crippen LogP contribution in [-0.2, 0) is 11.0 Å². The zero-order valence-corrected chi connectivity index (χ0v) is 13.2. The molecule has 6 nitrogen and oxygen atoms in total. The van der Waals surface area contributed by atoms with Crippen LogP contribution < -0.4 is 0 Å². The Hall–Kier alpha value is -2.75. The lowest BCUT2D eigenvalue weighted by Crippen LogP contribution is -2.06. The van der Waals surface area contributed by atoms with Crippen molar-refractivity contribution < 1.29 is 27.5 Å². The number of carboxylic acids is 1. The fourth-order valence-corrected chi connectivity index (χ4v) is 2.62. The molecule has 0 aliphatic rings. The maximum atomic E-state index is 13.1. The number of H-pyrrole nitrogens is 1. The van der Waals surface area contributed by atoms with Gasteiger partial charge in [0.25, 0.3) is 0 Å². The van der Waals surface area contributed by atoms with E-state index in [9.17, 15) is 18.0 Å². The molecule has 10 heteroatoms. The van der Waals surface area contributed by atoms with Crippen LogP contribution in [0.4, 0.5) is 13.2 Å². The van der Waals surface area contributed by atoms with Gasteiger partial charge in [-0.2, -0.15) is 18.2 Å². The normalized spacial score (nSPS) is 11.6. The zero-order valence-electron chi connectivity index (χ0n) is 12.4. The van der Waals surface area contributed by atoms with Gasteiger partial charge in [-0.15, -0.1) is 5.10 Å². The molecule has 2 heterocycles. The predicted octanol–water partition coefficient (Wildman–Crippen LogP) is 3.93. The predicted molar refractivity (Wildman–Crippen MR) is 82.9 cm³/mol. The van der Waals surface area contributed by atoms with Crippen molar-refractivity contribution in [2.45, 2.75) is 11.3 Å². The second kappa shape index (κ2) is 6.63. The SMILES string of the molecule is O=C(O)CSc1n[nH]c(-c2ccc(-c3ccccc3C(F)(F)F)o2)n1. The Morgan fingerprint density at radius 1 is 1.20 bits per heavy atom. The molecule has 0 fully saturated rings. The fourth-order valence-electron chi connectivity index (χ4n) is 2.10. The molecule has 0 radical (unpaired) electrons. The molecule has 25 heavy (non-hydrogen) atoms. The Balaban J connectivity index is 1.88. The average Bonchev–Trinajstić information content (AvgIpc) is 3.21. The van der Waals surface area contributed by atoms with Gasteiger partial charge < -0.3 is 9.52 Å². The molecule has 2 N–H and O–H groups in total. The first-order valence-corrected chi connectivity index (χ1v) is 7.87. The molecule has 2 aromatic heterocycles. The van der Waals surface area contributed by atoms with Crippen LogP contribution in [0.25, 0.3) is 22.9 Å². The number of furan rings is 1. The molecule has 0 saturated heterocycles. The van der Waals surface area contributed by atoms with Gasteiger partial charge in [0.1, 0.15) is 5.76 Å². The van der Waals surface area contributed by atoms with E-state index in [1.54, 1.807) is 0 Å². The van der Waals surface area contributed by atoms with Gasteiger partial charge in [-0.25, -0.2) is 0 Å². The van der Waals surface area contributed by atoms with Crippen LogP contribution >= 0.6 is 11.8 Å². The first-order valence-electron chi connectivity index (χ1n) is 6.88. The lowest BCUT2D eigenvalue weighted by atomic mass is 10.1. The molecular weight excluding hydrogens is 359 g/mol. The van der Waals surface area contributed by atoms with Gasteiger partial charge in [-0.3, -0.25) is 9.89 Å². The molecule has 0 unspecified atom stereocenters. The molecule has 130 valence electrons. The van der Waals surface area contributed by atoms with E-state index >= 15 is 0 Å². The number of halogens is 3. The van der Waals surface area contributed by atoms with E-state index in [1.807, 2.05) is 0 Å². The number of benzene rings is 1. The second-order valence-corrected chi connectivity index (χ2v) is 5.80. The topological polar surface area (TPSA) is 92.0 Å². The number of hydrogen-bond acceptors (Lipinski definition) is 5. The van der Waals surface area contributed by atoms with Gasteiger partial charge in [0.15, 0.2) is 11.6 Å². The molecule has 0 spiro atoms. The number of aromatic amines is 1. The van der Waals surface area contributed by atoms with Crippen molar-refractivity contribution in [1.82, 2.24) is 15.2 Å². The lowest BCUT2D eigenvalue weighted by Gasteiger charge is -2.10. The number of nitrogens with zero attached hydrogens (tertiary/aromatic N) is 2. The third kappa shape index (κ3) is 3.85. The van der Waals surface area contributed by atoms with Gasteiger partial charge >= 0.3 is 12.1 Å². The van der Waals surface area contributed by atoms with E-state index in [4.69, 9.17) is 9.52 Å². The summed E-state index contributed by atoms with van der Waals surface area (Å²) in [7, 11) is 0. The monoisotopic (exact) mass is 369 g/mol. The molecule has 1 aromatic carbocycles. The van der Waals surface area contributed by atoms with Gasteiger partial charge in [-0.05, 0) is 18.2 Å². The summed E-state index contributed by atoms with van der Waals surface area (Å²) in [4.78, 5) is 14.6. The van der Waals surface area contributed by atoms with Gasteiger partial charge in [0.2, 0.25) is 5.16 Å². The highest BCUT2D eigenvalue weighted by molar-refractivity contribution is 7.99. The molecule has 0 saturated carbocycles. The molecule has 0 atom stereocenters. The maximum absolute atomic E-state index is 13.1. The number of carboxylic acid groups (broad SMARTS) is 1. The number of rotatable bonds is 5. The van der Waals surface area contributed by atoms with Gasteiger partial charge in [0.05, 0.1) is 11.3 Å². The smallest absolute Gasteiger partial charge is 0.417 e. The highest BCUT2D eigenvalue weighted by Crippen LogP contribution is 2.38. The Kier molecular flexibility index (Phi) is 4.53. The Bertz CT molecular complexity index is 905. The van der Waals surface area contributed by atoms with Crippen molar-refractivity contribution in [3.05, 3.63) is 42.0 Å². The van der Waals surface area contributed by atoms with Crippen molar-refractivity contribution in [3.63, 3.8) is 0 Å². The van der Waals surface area contributed by atoms with Crippen LogP contribution in [0.5, 0.6) is 0 Å². The Labute approximate surface area is 143 Å². The molecule has 0 amide bonds. The standard InChI is InChI=1S/C15H10F3N3O3S/c16-15(17,18)9-4-2-1-3-8(9)10-5-6-11(24-10)13-19-14(21-20-13)25-7-12(22)23/h1-6H,7H2,(H,22,23)(H,19,20,21). The second-order valence-electron chi connectivity index (χ2n) is 4.86. The minimum atomic E-state index is -4.50. The summed E-state index contributed by atoms with van der Waals surface area (Å²) in [6.45, 7) is 0. The molecule has 3 rings (SSSR count). The van der Waals surface area contributed by atoms with Gasteiger partial charge in [0, 0.05) is 5.56 Å². The quantitative estimate of drug-likeness (QED) is 0.662. The summed E-state index contributed by atoms with van der Waals surface area (Å²) >= 11 is 0.910. The number of aliphatic carboxylic acids is 1. The Morgan fingerprint density at radius 3 is 2.64 bits per heavy atom. The zero-order chi connectivity index (χ0) is 18.0. The molecule has 0 aliphatic carbocycles. The molecule has 0 bridgehead atoms. The molecule has 3 aromatic rings. The number of thioether (sulfide) groups is 1. The van der Waals surface area contributed by atoms with Crippen LogP contribution in [0, 0.1) is 0 Å². The molecular formula is C15H10F3N3O3S. The summed E-state index contributed by atoms with van der Waals surface area (Å²) in [5, 5.41) is 15.2. The number of aromatic nitrogens is 3.